The second kappa shape index (κ2) is 5.99. The molecule has 2 heterocycles. The number of pyridine rings is 1. The third-order valence-corrected chi connectivity index (χ3v) is 4.13. The Bertz CT molecular complexity index is 621. The zero-order valence-electron chi connectivity index (χ0n) is 10.7. The average Bonchev–Trinajstić information content (AvgIpc) is 2.90. The van der Waals surface area contributed by atoms with Gasteiger partial charge >= 0.3 is 0 Å². The summed E-state index contributed by atoms with van der Waals surface area (Å²) in [5.74, 6) is 0.758. The molecule has 0 aliphatic rings. The highest BCUT2D eigenvalue weighted by Gasteiger charge is 2.12. The monoisotopic (exact) mass is 280 g/mol. The lowest BCUT2D eigenvalue weighted by Gasteiger charge is -2.08. The molecule has 0 aromatic carbocycles. The summed E-state index contributed by atoms with van der Waals surface area (Å²) in [5, 5.41) is 0. The average molecular weight is 280 g/mol. The quantitative estimate of drug-likeness (QED) is 0.880. The van der Waals surface area contributed by atoms with Crippen LogP contribution < -0.4 is 4.72 Å². The van der Waals surface area contributed by atoms with Gasteiger partial charge in [-0.2, -0.15) is 0 Å². The molecule has 0 aliphatic heterocycles. The first-order valence-corrected chi connectivity index (χ1v) is 7.72. The molecule has 0 aliphatic carbocycles. The molecule has 5 nitrogen and oxygen atoms in total. The molecule has 0 radical (unpaired) electrons. The van der Waals surface area contributed by atoms with E-state index in [0.29, 0.717) is 17.9 Å². The molecule has 19 heavy (non-hydrogen) atoms. The van der Waals surface area contributed by atoms with Crippen molar-refractivity contribution in [2.75, 3.05) is 5.75 Å². The lowest BCUT2D eigenvalue weighted by Crippen LogP contribution is -2.26. The van der Waals surface area contributed by atoms with E-state index in [-0.39, 0.29) is 12.3 Å². The number of rotatable bonds is 6. The van der Waals surface area contributed by atoms with E-state index in [2.05, 4.69) is 9.71 Å². The minimum atomic E-state index is -3.22. The summed E-state index contributed by atoms with van der Waals surface area (Å²) in [5.41, 5.74) is 1.45. The number of furan rings is 1. The molecule has 0 spiro atoms. The maximum Gasteiger partial charge on any atom is 0.211 e. The van der Waals surface area contributed by atoms with Gasteiger partial charge in [-0.3, -0.25) is 4.98 Å². The highest BCUT2D eigenvalue weighted by atomic mass is 32.2. The van der Waals surface area contributed by atoms with Crippen LogP contribution in [0.4, 0.5) is 0 Å². The number of nitrogens with zero attached hydrogens (tertiary/aromatic N) is 1. The molecule has 2 rings (SSSR count). The first kappa shape index (κ1) is 13.8. The summed E-state index contributed by atoms with van der Waals surface area (Å²) in [4.78, 5) is 4.24. The minimum absolute atomic E-state index is 0.128. The van der Waals surface area contributed by atoms with Crippen LogP contribution in [0.5, 0.6) is 0 Å². The molecule has 0 fully saturated rings. The Balaban J connectivity index is 2.18. The van der Waals surface area contributed by atoms with Gasteiger partial charge in [-0.1, -0.05) is 13.0 Å². The van der Waals surface area contributed by atoms with Crippen LogP contribution in [0.3, 0.4) is 0 Å². The van der Waals surface area contributed by atoms with Gasteiger partial charge in [0.15, 0.2) is 5.76 Å². The molecule has 0 atom stereocenters. The summed E-state index contributed by atoms with van der Waals surface area (Å²) in [7, 11) is -3.22. The molecule has 0 saturated heterocycles. The highest BCUT2D eigenvalue weighted by molar-refractivity contribution is 7.89. The van der Waals surface area contributed by atoms with E-state index in [1.165, 1.54) is 0 Å². The van der Waals surface area contributed by atoms with E-state index in [0.717, 1.165) is 5.56 Å². The molecule has 0 bridgehead atoms. The van der Waals surface area contributed by atoms with Crippen molar-refractivity contribution < 1.29 is 12.8 Å². The van der Waals surface area contributed by atoms with Gasteiger partial charge in [-0.15, -0.1) is 0 Å². The molecule has 102 valence electrons. The largest absolute Gasteiger partial charge is 0.463 e. The maximum absolute atomic E-state index is 11.6. The van der Waals surface area contributed by atoms with Crippen molar-refractivity contribution in [1.29, 1.82) is 0 Å². The van der Waals surface area contributed by atoms with Crippen molar-refractivity contribution >= 4 is 10.0 Å². The maximum atomic E-state index is 11.6. The SMILES string of the molecule is CCCS(=O)(=O)NCc1cccnc1-c1ccco1. The first-order chi connectivity index (χ1) is 9.12. The third-order valence-electron chi connectivity index (χ3n) is 2.60. The lowest BCUT2D eigenvalue weighted by atomic mass is 10.1. The molecule has 2 aromatic heterocycles. The van der Waals surface area contributed by atoms with Crippen LogP contribution >= 0.6 is 0 Å². The fraction of sp³-hybridized carbons (Fsp3) is 0.308. The zero-order valence-corrected chi connectivity index (χ0v) is 11.5. The second-order valence-electron chi connectivity index (χ2n) is 4.13. The topological polar surface area (TPSA) is 72.2 Å². The molecule has 1 N–H and O–H groups in total. The first-order valence-electron chi connectivity index (χ1n) is 6.07. The number of aromatic nitrogens is 1. The van der Waals surface area contributed by atoms with Gasteiger partial charge in [-0.05, 0) is 30.2 Å². The van der Waals surface area contributed by atoms with E-state index in [1.54, 1.807) is 30.7 Å². The van der Waals surface area contributed by atoms with Crippen LogP contribution in [-0.2, 0) is 16.6 Å². The Kier molecular flexibility index (Phi) is 4.34. The fourth-order valence-corrected chi connectivity index (χ4v) is 2.80. The molecule has 0 unspecified atom stereocenters. The van der Waals surface area contributed by atoms with Gasteiger partial charge in [0.1, 0.15) is 5.69 Å². The normalized spacial score (nSPS) is 11.6. The highest BCUT2D eigenvalue weighted by Crippen LogP contribution is 2.21. The van der Waals surface area contributed by atoms with E-state index in [9.17, 15) is 8.42 Å². The summed E-state index contributed by atoms with van der Waals surface area (Å²) in [6.45, 7) is 2.05. The Hall–Kier alpha value is -1.66. The van der Waals surface area contributed by atoms with Crippen LogP contribution in [-0.4, -0.2) is 19.2 Å². The summed E-state index contributed by atoms with van der Waals surface area (Å²) in [6, 6.07) is 7.18. The van der Waals surface area contributed by atoms with E-state index >= 15 is 0 Å². The smallest absolute Gasteiger partial charge is 0.211 e. The number of hydrogen-bond acceptors (Lipinski definition) is 4. The van der Waals surface area contributed by atoms with Crippen molar-refractivity contribution in [3.63, 3.8) is 0 Å². The predicted octanol–water partition coefficient (Wildman–Crippen LogP) is 2.17. The van der Waals surface area contributed by atoms with Gasteiger partial charge in [0.2, 0.25) is 10.0 Å². The summed E-state index contributed by atoms with van der Waals surface area (Å²) in [6.07, 6.45) is 3.81. The molecular weight excluding hydrogens is 264 g/mol. The van der Waals surface area contributed by atoms with Crippen molar-refractivity contribution in [2.24, 2.45) is 0 Å². The van der Waals surface area contributed by atoms with Crippen LogP contribution in [0.15, 0.2) is 41.1 Å². The van der Waals surface area contributed by atoms with E-state index < -0.39 is 10.0 Å². The Morgan fingerprint density at radius 1 is 1.32 bits per heavy atom. The minimum Gasteiger partial charge on any atom is -0.463 e. The molecule has 2 aromatic rings. The number of hydrogen-bond donors (Lipinski definition) is 1. The summed E-state index contributed by atoms with van der Waals surface area (Å²) < 4.78 is 31.2. The van der Waals surface area contributed by atoms with Crippen molar-refractivity contribution in [3.05, 3.63) is 42.3 Å². The second-order valence-corrected chi connectivity index (χ2v) is 6.05. The number of nitrogens with one attached hydrogen (secondary N) is 1. The standard InChI is InChI=1S/C13H16N2O3S/c1-2-9-19(16,17)15-10-11-5-3-7-14-13(11)12-6-4-8-18-12/h3-8,15H,2,9-10H2,1H3. The van der Waals surface area contributed by atoms with Gasteiger partial charge in [-0.25, -0.2) is 13.1 Å². The predicted molar refractivity (Wildman–Crippen MR) is 72.9 cm³/mol. The fourth-order valence-electron chi connectivity index (χ4n) is 1.75. The lowest BCUT2D eigenvalue weighted by molar-refractivity contribution is 0.574. The zero-order chi connectivity index (χ0) is 13.7. The van der Waals surface area contributed by atoms with Gasteiger partial charge in [0, 0.05) is 12.7 Å². The molecular formula is C13H16N2O3S. The Morgan fingerprint density at radius 2 is 2.16 bits per heavy atom. The third kappa shape index (κ3) is 3.65. The Labute approximate surface area is 112 Å². The van der Waals surface area contributed by atoms with Crippen LogP contribution in [0.2, 0.25) is 0 Å². The summed E-state index contributed by atoms with van der Waals surface area (Å²) >= 11 is 0. The van der Waals surface area contributed by atoms with Crippen LogP contribution in [0, 0.1) is 0 Å². The molecule has 0 saturated carbocycles. The van der Waals surface area contributed by atoms with Crippen molar-refractivity contribution in [1.82, 2.24) is 9.71 Å². The number of sulfonamides is 1. The van der Waals surface area contributed by atoms with E-state index in [4.69, 9.17) is 4.42 Å². The van der Waals surface area contributed by atoms with Crippen molar-refractivity contribution in [3.8, 4) is 11.5 Å². The van der Waals surface area contributed by atoms with Crippen LogP contribution in [0.25, 0.3) is 11.5 Å². The van der Waals surface area contributed by atoms with Crippen LogP contribution in [0.1, 0.15) is 18.9 Å². The van der Waals surface area contributed by atoms with Crippen molar-refractivity contribution in [2.45, 2.75) is 19.9 Å². The van der Waals surface area contributed by atoms with E-state index in [1.807, 2.05) is 13.0 Å². The van der Waals surface area contributed by atoms with Gasteiger partial charge in [0.25, 0.3) is 0 Å². The van der Waals surface area contributed by atoms with Gasteiger partial charge in [0.05, 0.1) is 12.0 Å². The Morgan fingerprint density at radius 3 is 2.84 bits per heavy atom. The molecule has 0 amide bonds. The molecule has 6 heteroatoms. The van der Waals surface area contributed by atoms with Gasteiger partial charge < -0.3 is 4.42 Å².